The number of ether oxygens (including phenoxy) is 1. The zero-order chi connectivity index (χ0) is 17.4. The number of hydrogen-bond acceptors (Lipinski definition) is 5. The minimum absolute atomic E-state index is 0.00839. The summed E-state index contributed by atoms with van der Waals surface area (Å²) in [6.07, 6.45) is 1.65. The van der Waals surface area contributed by atoms with E-state index >= 15 is 0 Å². The van der Waals surface area contributed by atoms with Gasteiger partial charge in [0.05, 0.1) is 24.5 Å². The lowest BCUT2D eigenvalue weighted by atomic mass is 9.92. The third-order valence-electron chi connectivity index (χ3n) is 4.39. The van der Waals surface area contributed by atoms with Crippen molar-refractivity contribution in [2.75, 3.05) is 19.7 Å². The number of aliphatic hydroxyl groups is 1. The number of cyclic esters (lactones) is 1. The summed E-state index contributed by atoms with van der Waals surface area (Å²) < 4.78 is 34.1. The molecule has 1 aliphatic carbocycles. The number of halogens is 2. The van der Waals surface area contributed by atoms with Crippen molar-refractivity contribution in [1.82, 2.24) is 9.80 Å². The lowest BCUT2D eigenvalue weighted by molar-refractivity contribution is -0.115. The van der Waals surface area contributed by atoms with Crippen LogP contribution in [0.25, 0.3) is 0 Å². The molecule has 2 aliphatic heterocycles. The number of allylic oxidation sites excluding steroid dienone is 5. The lowest BCUT2D eigenvalue weighted by Crippen LogP contribution is -2.34. The first-order valence-corrected chi connectivity index (χ1v) is 7.77. The molecule has 0 saturated carbocycles. The molecule has 130 valence electrons. The summed E-state index contributed by atoms with van der Waals surface area (Å²) >= 11 is 0. The van der Waals surface area contributed by atoms with Crippen molar-refractivity contribution in [1.29, 1.82) is 0 Å². The molecule has 0 spiro atoms. The first kappa shape index (κ1) is 16.6. The lowest BCUT2D eigenvalue weighted by Gasteiger charge is -2.34. The first-order valence-electron chi connectivity index (χ1n) is 7.77. The van der Waals surface area contributed by atoms with Crippen molar-refractivity contribution < 1.29 is 28.2 Å². The Labute approximate surface area is 137 Å². The van der Waals surface area contributed by atoms with E-state index in [1.807, 2.05) is 0 Å². The minimum Gasteiger partial charge on any atom is -0.441 e. The number of aliphatic hydroxyl groups excluding tert-OH is 1. The highest BCUT2D eigenvalue weighted by Crippen LogP contribution is 2.40. The van der Waals surface area contributed by atoms with Gasteiger partial charge in [0.15, 0.2) is 17.4 Å². The van der Waals surface area contributed by atoms with E-state index in [9.17, 15) is 18.4 Å². The molecule has 2 heterocycles. The molecular formula is C16H18F2N2O4. The fourth-order valence-corrected chi connectivity index (χ4v) is 3.17. The Hall–Kier alpha value is -2.22. The molecule has 24 heavy (non-hydrogen) atoms. The van der Waals surface area contributed by atoms with Crippen LogP contribution in [0.4, 0.5) is 13.6 Å². The van der Waals surface area contributed by atoms with Crippen molar-refractivity contribution in [3.63, 3.8) is 0 Å². The Morgan fingerprint density at radius 2 is 2.08 bits per heavy atom. The van der Waals surface area contributed by atoms with Gasteiger partial charge in [-0.3, -0.25) is 9.69 Å². The van der Waals surface area contributed by atoms with Crippen LogP contribution < -0.4 is 0 Å². The molecule has 3 rings (SSSR count). The predicted octanol–water partition coefficient (Wildman–Crippen LogP) is 1.99. The van der Waals surface area contributed by atoms with Crippen LogP contribution in [0.2, 0.25) is 0 Å². The maximum Gasteiger partial charge on any atom is 0.414 e. The quantitative estimate of drug-likeness (QED) is 0.851. The van der Waals surface area contributed by atoms with Gasteiger partial charge in [-0.1, -0.05) is 6.92 Å². The smallest absolute Gasteiger partial charge is 0.414 e. The van der Waals surface area contributed by atoms with E-state index in [2.05, 4.69) is 0 Å². The van der Waals surface area contributed by atoms with Gasteiger partial charge in [-0.2, -0.15) is 0 Å². The van der Waals surface area contributed by atoms with Crippen LogP contribution in [0.5, 0.6) is 0 Å². The summed E-state index contributed by atoms with van der Waals surface area (Å²) in [5, 5.41) is 9.06. The molecule has 2 unspecified atom stereocenters. The van der Waals surface area contributed by atoms with Crippen LogP contribution >= 0.6 is 0 Å². The van der Waals surface area contributed by atoms with Gasteiger partial charge in [0.1, 0.15) is 6.10 Å². The van der Waals surface area contributed by atoms with Crippen LogP contribution in [0.15, 0.2) is 35.3 Å². The second-order valence-electron chi connectivity index (χ2n) is 6.09. The topological polar surface area (TPSA) is 70.1 Å². The van der Waals surface area contributed by atoms with Crippen molar-refractivity contribution in [3.8, 4) is 0 Å². The van der Waals surface area contributed by atoms with Gasteiger partial charge >= 0.3 is 6.09 Å². The Kier molecular flexibility index (Phi) is 4.40. The SMILES string of the molecule is CC1CC(N2CC(CO)OC2=O)=C(F)C(F)=C1N1C=CC(=O)CC1. The molecule has 1 saturated heterocycles. The minimum atomic E-state index is -1.09. The molecule has 0 radical (unpaired) electrons. The number of ketones is 1. The highest BCUT2D eigenvalue weighted by atomic mass is 19.2. The largest absolute Gasteiger partial charge is 0.441 e. The van der Waals surface area contributed by atoms with Gasteiger partial charge in [0.2, 0.25) is 0 Å². The van der Waals surface area contributed by atoms with Crippen molar-refractivity contribution >= 4 is 11.9 Å². The fraction of sp³-hybridized carbons (Fsp3) is 0.500. The Bertz CT molecular complexity index is 671. The number of rotatable bonds is 3. The van der Waals surface area contributed by atoms with Gasteiger partial charge < -0.3 is 14.7 Å². The fourth-order valence-electron chi connectivity index (χ4n) is 3.17. The summed E-state index contributed by atoms with van der Waals surface area (Å²) in [6, 6.07) is 0. The molecule has 0 aromatic rings. The highest BCUT2D eigenvalue weighted by Gasteiger charge is 2.40. The Balaban J connectivity index is 1.92. The molecule has 1 N–H and O–H groups in total. The molecule has 0 aromatic heterocycles. The van der Waals surface area contributed by atoms with Crippen LogP contribution in [0, 0.1) is 5.92 Å². The summed E-state index contributed by atoms with van der Waals surface area (Å²) in [5.74, 6) is -2.55. The van der Waals surface area contributed by atoms with Gasteiger partial charge in [0, 0.05) is 25.1 Å². The van der Waals surface area contributed by atoms with Gasteiger partial charge in [-0.05, 0) is 12.5 Å². The van der Waals surface area contributed by atoms with E-state index in [0.29, 0.717) is 6.54 Å². The van der Waals surface area contributed by atoms with E-state index in [0.717, 1.165) is 4.90 Å². The number of nitrogens with zero attached hydrogens (tertiary/aromatic N) is 2. The summed E-state index contributed by atoms with van der Waals surface area (Å²) in [5.41, 5.74) is 0.105. The molecule has 2 atom stereocenters. The number of hydrogen-bond donors (Lipinski definition) is 1. The number of amides is 1. The highest BCUT2D eigenvalue weighted by molar-refractivity contribution is 5.90. The zero-order valence-corrected chi connectivity index (χ0v) is 13.2. The summed E-state index contributed by atoms with van der Waals surface area (Å²) in [4.78, 5) is 25.6. The molecule has 3 aliphatic rings. The molecule has 0 bridgehead atoms. The molecule has 0 aromatic carbocycles. The molecule has 1 fully saturated rings. The van der Waals surface area contributed by atoms with Crippen LogP contribution in [-0.2, 0) is 9.53 Å². The maximum atomic E-state index is 14.6. The van der Waals surface area contributed by atoms with E-state index in [-0.39, 0.29) is 49.1 Å². The second kappa shape index (κ2) is 6.35. The molecule has 1 amide bonds. The van der Waals surface area contributed by atoms with E-state index in [4.69, 9.17) is 9.84 Å². The van der Waals surface area contributed by atoms with Gasteiger partial charge in [0.25, 0.3) is 0 Å². The summed E-state index contributed by atoms with van der Waals surface area (Å²) in [6.45, 7) is 1.65. The van der Waals surface area contributed by atoms with E-state index < -0.39 is 23.9 Å². The second-order valence-corrected chi connectivity index (χ2v) is 6.09. The standard InChI is InChI=1S/C16H18F2N2O4/c1-9-6-12(20-7-11(8-21)24-16(20)23)13(17)14(18)15(9)19-4-2-10(22)3-5-19/h2,4,9,11,21H,3,5-8H2,1H3. The zero-order valence-electron chi connectivity index (χ0n) is 13.2. The Morgan fingerprint density at radius 1 is 1.33 bits per heavy atom. The van der Waals surface area contributed by atoms with E-state index in [1.165, 1.54) is 17.2 Å². The van der Waals surface area contributed by atoms with Crippen LogP contribution in [0.3, 0.4) is 0 Å². The monoisotopic (exact) mass is 340 g/mol. The van der Waals surface area contributed by atoms with Crippen molar-refractivity contribution in [3.05, 3.63) is 35.3 Å². The molecule has 6 nitrogen and oxygen atoms in total. The number of carbonyl (C=O) groups is 2. The maximum absolute atomic E-state index is 14.6. The van der Waals surface area contributed by atoms with Gasteiger partial charge in [-0.15, -0.1) is 0 Å². The van der Waals surface area contributed by atoms with Gasteiger partial charge in [-0.25, -0.2) is 13.6 Å². The first-order chi connectivity index (χ1) is 11.4. The van der Waals surface area contributed by atoms with Crippen molar-refractivity contribution in [2.24, 2.45) is 5.92 Å². The molecular weight excluding hydrogens is 322 g/mol. The van der Waals surface area contributed by atoms with Crippen LogP contribution in [0.1, 0.15) is 19.8 Å². The molecule has 8 heteroatoms. The van der Waals surface area contributed by atoms with Crippen LogP contribution in [-0.4, -0.2) is 52.6 Å². The summed E-state index contributed by atoms with van der Waals surface area (Å²) in [7, 11) is 0. The number of carbonyl (C=O) groups excluding carboxylic acids is 2. The van der Waals surface area contributed by atoms with Crippen molar-refractivity contribution in [2.45, 2.75) is 25.9 Å². The average molecular weight is 340 g/mol. The normalized spacial score (nSPS) is 28.2. The third kappa shape index (κ3) is 2.82. The van der Waals surface area contributed by atoms with E-state index in [1.54, 1.807) is 6.92 Å². The predicted molar refractivity (Wildman–Crippen MR) is 79.6 cm³/mol. The average Bonchev–Trinajstić information content (AvgIpc) is 2.93. The Morgan fingerprint density at radius 3 is 2.67 bits per heavy atom. The third-order valence-corrected chi connectivity index (χ3v) is 4.39.